The molecule has 1 aliphatic heterocycles. The van der Waals surface area contributed by atoms with Crippen molar-refractivity contribution in [1.82, 2.24) is 9.55 Å². The second-order valence-corrected chi connectivity index (χ2v) is 4.70. The van der Waals surface area contributed by atoms with Gasteiger partial charge in [-0.15, -0.1) is 0 Å². The molecule has 1 fully saturated rings. The van der Waals surface area contributed by atoms with Gasteiger partial charge >= 0.3 is 0 Å². The largest absolute Gasteiger partial charge is 0.396 e. The van der Waals surface area contributed by atoms with Crippen LogP contribution >= 0.6 is 0 Å². The molecule has 1 aliphatic rings. The van der Waals surface area contributed by atoms with Gasteiger partial charge in [0.1, 0.15) is 0 Å². The van der Waals surface area contributed by atoms with Gasteiger partial charge in [-0.25, -0.2) is 4.98 Å². The minimum atomic E-state index is -0.0233. The summed E-state index contributed by atoms with van der Waals surface area (Å²) in [6.45, 7) is 3.63. The summed E-state index contributed by atoms with van der Waals surface area (Å²) in [5, 5.41) is 9.12. The second kappa shape index (κ2) is 6.00. The summed E-state index contributed by atoms with van der Waals surface area (Å²) in [6.07, 6.45) is 7.40. The van der Waals surface area contributed by atoms with E-state index in [2.05, 4.69) is 9.88 Å². The lowest BCUT2D eigenvalue weighted by Gasteiger charge is -2.36. The van der Waals surface area contributed by atoms with Gasteiger partial charge in [-0.1, -0.05) is 0 Å². The third kappa shape index (κ3) is 2.56. The van der Waals surface area contributed by atoms with Crippen molar-refractivity contribution in [2.75, 3.05) is 18.1 Å². The number of aliphatic hydroxyl groups excluding tert-OH is 1. The van der Waals surface area contributed by atoms with Crippen molar-refractivity contribution in [2.45, 2.75) is 45.2 Å². The Morgan fingerprint density at radius 2 is 2.33 bits per heavy atom. The molecule has 0 spiro atoms. The Kier molecular flexibility index (Phi) is 4.36. The predicted octanol–water partition coefficient (Wildman–Crippen LogP) is 1.00. The SMILES string of the molecule is CCn1ccnc(N2CCCCC2CCO)c1=O. The summed E-state index contributed by atoms with van der Waals surface area (Å²) in [7, 11) is 0. The highest BCUT2D eigenvalue weighted by Crippen LogP contribution is 2.22. The van der Waals surface area contributed by atoms with Gasteiger partial charge in [0.2, 0.25) is 0 Å². The number of anilines is 1. The number of aromatic nitrogens is 2. The van der Waals surface area contributed by atoms with Gasteiger partial charge in [-0.2, -0.15) is 0 Å². The first-order chi connectivity index (χ1) is 8.77. The van der Waals surface area contributed by atoms with Gasteiger partial charge in [-0.3, -0.25) is 4.79 Å². The van der Waals surface area contributed by atoms with Crippen LogP contribution < -0.4 is 10.5 Å². The maximum Gasteiger partial charge on any atom is 0.293 e. The summed E-state index contributed by atoms with van der Waals surface area (Å²) in [6, 6.07) is 0.247. The van der Waals surface area contributed by atoms with E-state index in [0.29, 0.717) is 18.8 Å². The van der Waals surface area contributed by atoms with Crippen LogP contribution in [0.3, 0.4) is 0 Å². The number of nitrogens with zero attached hydrogens (tertiary/aromatic N) is 3. The molecule has 1 atom stereocenters. The molecule has 5 nitrogen and oxygen atoms in total. The highest BCUT2D eigenvalue weighted by Gasteiger charge is 2.25. The van der Waals surface area contributed by atoms with Crippen molar-refractivity contribution in [3.63, 3.8) is 0 Å². The second-order valence-electron chi connectivity index (χ2n) is 4.70. The molecule has 1 N–H and O–H groups in total. The van der Waals surface area contributed by atoms with Gasteiger partial charge in [0.25, 0.3) is 5.56 Å². The van der Waals surface area contributed by atoms with E-state index in [0.717, 1.165) is 25.8 Å². The van der Waals surface area contributed by atoms with E-state index in [4.69, 9.17) is 5.11 Å². The van der Waals surface area contributed by atoms with Crippen LogP contribution in [0.15, 0.2) is 17.2 Å². The third-order valence-corrected chi connectivity index (χ3v) is 3.60. The Morgan fingerprint density at radius 3 is 3.06 bits per heavy atom. The Bertz CT molecular complexity index is 442. The van der Waals surface area contributed by atoms with Crippen molar-refractivity contribution in [3.8, 4) is 0 Å². The molecule has 1 saturated heterocycles. The van der Waals surface area contributed by atoms with Crippen molar-refractivity contribution < 1.29 is 5.11 Å². The summed E-state index contributed by atoms with van der Waals surface area (Å²) in [5.74, 6) is 0.539. The Hall–Kier alpha value is -1.36. The minimum absolute atomic E-state index is 0.0233. The molecular weight excluding hydrogens is 230 g/mol. The van der Waals surface area contributed by atoms with E-state index in [-0.39, 0.29) is 18.2 Å². The molecule has 1 aromatic rings. The average molecular weight is 251 g/mol. The quantitative estimate of drug-likeness (QED) is 0.867. The Balaban J connectivity index is 2.30. The van der Waals surface area contributed by atoms with Crippen LogP contribution in [0.5, 0.6) is 0 Å². The summed E-state index contributed by atoms with van der Waals surface area (Å²) >= 11 is 0. The number of piperidine rings is 1. The average Bonchev–Trinajstić information content (AvgIpc) is 2.40. The first-order valence-electron chi connectivity index (χ1n) is 6.71. The molecule has 0 aromatic carbocycles. The molecule has 2 heterocycles. The number of hydrogen-bond acceptors (Lipinski definition) is 4. The highest BCUT2D eigenvalue weighted by molar-refractivity contribution is 5.37. The van der Waals surface area contributed by atoms with Gasteiger partial charge < -0.3 is 14.6 Å². The molecule has 1 aromatic heterocycles. The van der Waals surface area contributed by atoms with Gasteiger partial charge in [-0.05, 0) is 32.6 Å². The predicted molar refractivity (Wildman–Crippen MR) is 70.9 cm³/mol. The van der Waals surface area contributed by atoms with Gasteiger partial charge in [0, 0.05) is 38.1 Å². The molecular formula is C13H21N3O2. The molecule has 0 radical (unpaired) electrons. The van der Waals surface area contributed by atoms with E-state index in [1.165, 1.54) is 0 Å². The molecule has 1 unspecified atom stereocenters. The number of hydrogen-bond donors (Lipinski definition) is 1. The van der Waals surface area contributed by atoms with Crippen molar-refractivity contribution in [3.05, 3.63) is 22.7 Å². The lowest BCUT2D eigenvalue weighted by atomic mass is 10.00. The topological polar surface area (TPSA) is 58.4 Å². The van der Waals surface area contributed by atoms with E-state index in [9.17, 15) is 4.79 Å². The van der Waals surface area contributed by atoms with Crippen LogP contribution in [0.1, 0.15) is 32.6 Å². The highest BCUT2D eigenvalue weighted by atomic mass is 16.3. The van der Waals surface area contributed by atoms with Crippen LogP contribution in [-0.4, -0.2) is 33.9 Å². The van der Waals surface area contributed by atoms with E-state index >= 15 is 0 Å². The monoisotopic (exact) mass is 251 g/mol. The molecule has 18 heavy (non-hydrogen) atoms. The van der Waals surface area contributed by atoms with E-state index in [1.807, 2.05) is 6.92 Å². The molecule has 0 aliphatic carbocycles. The molecule has 100 valence electrons. The van der Waals surface area contributed by atoms with Crippen LogP contribution in [0.2, 0.25) is 0 Å². The zero-order chi connectivity index (χ0) is 13.0. The fraction of sp³-hybridized carbons (Fsp3) is 0.692. The minimum Gasteiger partial charge on any atom is -0.396 e. The number of aliphatic hydroxyl groups is 1. The van der Waals surface area contributed by atoms with Crippen LogP contribution in [0.25, 0.3) is 0 Å². The van der Waals surface area contributed by atoms with Gasteiger partial charge in [0.15, 0.2) is 5.82 Å². The van der Waals surface area contributed by atoms with Crippen molar-refractivity contribution in [2.24, 2.45) is 0 Å². The van der Waals surface area contributed by atoms with Crippen LogP contribution in [-0.2, 0) is 6.54 Å². The molecule has 2 rings (SSSR count). The maximum atomic E-state index is 12.2. The smallest absolute Gasteiger partial charge is 0.293 e. The molecule has 0 saturated carbocycles. The van der Waals surface area contributed by atoms with Crippen molar-refractivity contribution >= 4 is 5.82 Å². The van der Waals surface area contributed by atoms with Gasteiger partial charge in [0.05, 0.1) is 0 Å². The van der Waals surface area contributed by atoms with Crippen LogP contribution in [0, 0.1) is 0 Å². The molecule has 0 amide bonds. The maximum absolute atomic E-state index is 12.2. The van der Waals surface area contributed by atoms with E-state index in [1.54, 1.807) is 17.0 Å². The first kappa shape index (κ1) is 13.1. The van der Waals surface area contributed by atoms with Crippen LogP contribution in [0.4, 0.5) is 5.82 Å². The lowest BCUT2D eigenvalue weighted by molar-refractivity contribution is 0.262. The fourth-order valence-electron chi connectivity index (χ4n) is 2.61. The number of rotatable bonds is 4. The van der Waals surface area contributed by atoms with Crippen molar-refractivity contribution in [1.29, 1.82) is 0 Å². The first-order valence-corrected chi connectivity index (χ1v) is 6.71. The third-order valence-electron chi connectivity index (χ3n) is 3.60. The van der Waals surface area contributed by atoms with E-state index < -0.39 is 0 Å². The zero-order valence-electron chi connectivity index (χ0n) is 10.9. The standard InChI is InChI=1S/C13H21N3O2/c1-2-15-9-7-14-12(13(15)18)16-8-4-3-5-11(16)6-10-17/h7,9,11,17H,2-6,8,10H2,1H3. The Labute approximate surface area is 107 Å². The Morgan fingerprint density at radius 1 is 1.50 bits per heavy atom. The molecule has 5 heteroatoms. The summed E-state index contributed by atoms with van der Waals surface area (Å²) < 4.78 is 1.67. The normalized spacial score (nSPS) is 20.1. The summed E-state index contributed by atoms with van der Waals surface area (Å²) in [4.78, 5) is 18.6. The molecule has 0 bridgehead atoms. The lowest BCUT2D eigenvalue weighted by Crippen LogP contribution is -2.44. The summed E-state index contributed by atoms with van der Waals surface area (Å²) in [5.41, 5.74) is -0.0233. The fourth-order valence-corrected chi connectivity index (χ4v) is 2.61. The zero-order valence-corrected chi connectivity index (χ0v) is 10.9. The number of aryl methyl sites for hydroxylation is 1.